The first kappa shape index (κ1) is 17.6. The number of piperidine rings is 1. The van der Waals surface area contributed by atoms with E-state index in [1.807, 2.05) is 24.8 Å². The van der Waals surface area contributed by atoms with E-state index in [9.17, 15) is 4.79 Å². The number of amides is 1. The van der Waals surface area contributed by atoms with E-state index < -0.39 is 0 Å². The van der Waals surface area contributed by atoms with Crippen LogP contribution in [-0.4, -0.2) is 43.8 Å². The van der Waals surface area contributed by atoms with Crippen LogP contribution in [0.5, 0.6) is 0 Å². The number of rotatable bonds is 5. The Bertz CT molecular complexity index is 734. The van der Waals surface area contributed by atoms with Crippen molar-refractivity contribution in [3.63, 3.8) is 0 Å². The Labute approximate surface area is 148 Å². The second kappa shape index (κ2) is 7.37. The molecule has 0 bridgehead atoms. The van der Waals surface area contributed by atoms with Crippen molar-refractivity contribution in [3.05, 3.63) is 29.2 Å². The van der Waals surface area contributed by atoms with Gasteiger partial charge in [0.15, 0.2) is 5.82 Å². The highest BCUT2D eigenvalue weighted by atomic mass is 16.5. The maximum absolute atomic E-state index is 12.7. The van der Waals surface area contributed by atoms with Crippen LogP contribution in [0.15, 0.2) is 10.6 Å². The molecule has 136 valence electrons. The minimum Gasteiger partial charge on any atom is -0.340 e. The summed E-state index contributed by atoms with van der Waals surface area (Å²) in [7, 11) is 0. The van der Waals surface area contributed by atoms with Crippen molar-refractivity contribution in [2.24, 2.45) is 5.92 Å². The lowest BCUT2D eigenvalue weighted by Crippen LogP contribution is -2.41. The Kier molecular flexibility index (Phi) is 5.20. The summed E-state index contributed by atoms with van der Waals surface area (Å²) in [5, 5.41) is 8.46. The Morgan fingerprint density at radius 1 is 1.40 bits per heavy atom. The van der Waals surface area contributed by atoms with Crippen LogP contribution in [0.2, 0.25) is 0 Å². The van der Waals surface area contributed by atoms with Crippen LogP contribution >= 0.6 is 0 Å². The number of nitrogens with zero attached hydrogens (tertiary/aromatic N) is 5. The van der Waals surface area contributed by atoms with Crippen molar-refractivity contribution in [1.82, 2.24) is 24.8 Å². The van der Waals surface area contributed by atoms with Gasteiger partial charge in [0.2, 0.25) is 11.8 Å². The van der Waals surface area contributed by atoms with Crippen molar-refractivity contribution in [3.8, 4) is 0 Å². The number of likely N-dealkylation sites (tertiary alicyclic amines) is 1. The molecule has 7 nitrogen and oxygen atoms in total. The van der Waals surface area contributed by atoms with Gasteiger partial charge in [0.05, 0.1) is 11.6 Å². The molecule has 0 radical (unpaired) electrons. The van der Waals surface area contributed by atoms with Crippen molar-refractivity contribution in [2.75, 3.05) is 13.1 Å². The normalized spacial score (nSPS) is 18.1. The van der Waals surface area contributed by atoms with Gasteiger partial charge in [-0.05, 0) is 38.7 Å². The van der Waals surface area contributed by atoms with E-state index in [2.05, 4.69) is 29.1 Å². The predicted octanol–water partition coefficient (Wildman–Crippen LogP) is 2.49. The molecule has 2 aromatic heterocycles. The fourth-order valence-corrected chi connectivity index (χ4v) is 3.35. The molecule has 0 aromatic carbocycles. The van der Waals surface area contributed by atoms with Crippen molar-refractivity contribution in [2.45, 2.75) is 59.4 Å². The van der Waals surface area contributed by atoms with E-state index in [0.29, 0.717) is 18.4 Å². The second-order valence-corrected chi connectivity index (χ2v) is 7.41. The number of hydrogen-bond acceptors (Lipinski definition) is 5. The third-order valence-corrected chi connectivity index (χ3v) is 4.59. The molecule has 1 atom stereocenters. The highest BCUT2D eigenvalue weighted by Gasteiger charge is 2.29. The van der Waals surface area contributed by atoms with Crippen LogP contribution in [0.3, 0.4) is 0 Å². The maximum Gasteiger partial charge on any atom is 0.244 e. The first-order valence-electron chi connectivity index (χ1n) is 9.03. The summed E-state index contributed by atoms with van der Waals surface area (Å²) >= 11 is 0. The number of carbonyl (C=O) groups is 1. The van der Waals surface area contributed by atoms with Crippen LogP contribution in [0.4, 0.5) is 0 Å². The summed E-state index contributed by atoms with van der Waals surface area (Å²) in [4.78, 5) is 19.1. The molecular formula is C18H27N5O2. The van der Waals surface area contributed by atoms with Gasteiger partial charge < -0.3 is 9.42 Å². The average molecular weight is 345 g/mol. The summed E-state index contributed by atoms with van der Waals surface area (Å²) in [6.45, 7) is 9.89. The van der Waals surface area contributed by atoms with E-state index in [0.717, 1.165) is 43.0 Å². The number of aromatic nitrogens is 4. The fourth-order valence-electron chi connectivity index (χ4n) is 3.35. The summed E-state index contributed by atoms with van der Waals surface area (Å²) in [5.74, 6) is 2.15. The zero-order valence-corrected chi connectivity index (χ0v) is 15.5. The van der Waals surface area contributed by atoms with E-state index in [1.54, 1.807) is 4.68 Å². The SMILES string of the molecule is Cc1cc(C)n(CC(=O)N2CCCC(c3nc(CC(C)C)no3)C2)n1. The van der Waals surface area contributed by atoms with Crippen LogP contribution in [0, 0.1) is 19.8 Å². The monoisotopic (exact) mass is 345 g/mol. The van der Waals surface area contributed by atoms with Gasteiger partial charge in [-0.2, -0.15) is 10.1 Å². The Morgan fingerprint density at radius 2 is 2.20 bits per heavy atom. The van der Waals surface area contributed by atoms with Gasteiger partial charge in [-0.3, -0.25) is 9.48 Å². The summed E-state index contributed by atoms with van der Waals surface area (Å²) in [5.41, 5.74) is 1.94. The van der Waals surface area contributed by atoms with Crippen molar-refractivity contribution in [1.29, 1.82) is 0 Å². The third-order valence-electron chi connectivity index (χ3n) is 4.59. The molecule has 1 saturated heterocycles. The van der Waals surface area contributed by atoms with Crippen LogP contribution < -0.4 is 0 Å². The minimum atomic E-state index is 0.0952. The van der Waals surface area contributed by atoms with E-state index in [-0.39, 0.29) is 18.4 Å². The third kappa shape index (κ3) is 4.27. The van der Waals surface area contributed by atoms with Gasteiger partial charge >= 0.3 is 0 Å². The summed E-state index contributed by atoms with van der Waals surface area (Å²) in [6.07, 6.45) is 2.75. The molecule has 1 aliphatic rings. The quantitative estimate of drug-likeness (QED) is 0.832. The first-order valence-corrected chi connectivity index (χ1v) is 9.03. The van der Waals surface area contributed by atoms with Gasteiger partial charge in [-0.15, -0.1) is 0 Å². The lowest BCUT2D eigenvalue weighted by Gasteiger charge is -2.31. The second-order valence-electron chi connectivity index (χ2n) is 7.41. The summed E-state index contributed by atoms with van der Waals surface area (Å²) in [6, 6.07) is 1.99. The summed E-state index contributed by atoms with van der Waals surface area (Å²) < 4.78 is 7.23. The zero-order valence-electron chi connectivity index (χ0n) is 15.5. The van der Waals surface area contributed by atoms with Crippen LogP contribution in [0.1, 0.15) is 55.7 Å². The minimum absolute atomic E-state index is 0.0952. The molecule has 0 aliphatic carbocycles. The molecule has 0 N–H and O–H groups in total. The van der Waals surface area contributed by atoms with Crippen LogP contribution in [-0.2, 0) is 17.8 Å². The molecular weight excluding hydrogens is 318 g/mol. The lowest BCUT2D eigenvalue weighted by molar-refractivity contribution is -0.133. The largest absolute Gasteiger partial charge is 0.340 e. The Hall–Kier alpha value is -2.18. The van der Waals surface area contributed by atoms with Crippen LogP contribution in [0.25, 0.3) is 0 Å². The van der Waals surface area contributed by atoms with E-state index >= 15 is 0 Å². The predicted molar refractivity (Wildman–Crippen MR) is 93.1 cm³/mol. The molecule has 2 aromatic rings. The van der Waals surface area contributed by atoms with E-state index in [4.69, 9.17) is 4.52 Å². The molecule has 3 rings (SSSR count). The molecule has 0 spiro atoms. The molecule has 25 heavy (non-hydrogen) atoms. The highest BCUT2D eigenvalue weighted by Crippen LogP contribution is 2.26. The molecule has 7 heteroatoms. The Morgan fingerprint density at radius 3 is 2.88 bits per heavy atom. The van der Waals surface area contributed by atoms with Crippen molar-refractivity contribution < 1.29 is 9.32 Å². The molecule has 1 unspecified atom stereocenters. The zero-order chi connectivity index (χ0) is 18.0. The average Bonchev–Trinajstić information content (AvgIpc) is 3.13. The van der Waals surface area contributed by atoms with Gasteiger partial charge in [-0.1, -0.05) is 19.0 Å². The van der Waals surface area contributed by atoms with Gasteiger partial charge in [0, 0.05) is 25.2 Å². The van der Waals surface area contributed by atoms with Crippen molar-refractivity contribution >= 4 is 5.91 Å². The Balaban J connectivity index is 1.63. The van der Waals surface area contributed by atoms with Gasteiger partial charge in [0.1, 0.15) is 6.54 Å². The number of carbonyl (C=O) groups excluding carboxylic acids is 1. The van der Waals surface area contributed by atoms with E-state index in [1.165, 1.54) is 0 Å². The first-order chi connectivity index (χ1) is 11.9. The number of aryl methyl sites for hydroxylation is 2. The molecule has 1 fully saturated rings. The van der Waals surface area contributed by atoms with Gasteiger partial charge in [0.25, 0.3) is 0 Å². The standard InChI is InChI=1S/C18H27N5O2/c1-12(2)8-16-19-18(25-21-16)15-6-5-7-22(10-15)17(24)11-23-14(4)9-13(3)20-23/h9,12,15H,5-8,10-11H2,1-4H3. The topological polar surface area (TPSA) is 77.0 Å². The number of hydrogen-bond donors (Lipinski definition) is 0. The van der Waals surface area contributed by atoms with Gasteiger partial charge in [-0.25, -0.2) is 0 Å². The molecule has 3 heterocycles. The maximum atomic E-state index is 12.7. The lowest BCUT2D eigenvalue weighted by atomic mass is 9.98. The fraction of sp³-hybridized carbons (Fsp3) is 0.667. The molecule has 1 aliphatic heterocycles. The smallest absolute Gasteiger partial charge is 0.244 e. The molecule has 1 amide bonds. The molecule has 0 saturated carbocycles. The highest BCUT2D eigenvalue weighted by molar-refractivity contribution is 5.76.